The first kappa shape index (κ1) is 6.82. The quantitative estimate of drug-likeness (QED) is 0.472. The van der Waals surface area contributed by atoms with Gasteiger partial charge in [-0.3, -0.25) is 0 Å². The second kappa shape index (κ2) is 3.03. The van der Waals surface area contributed by atoms with Crippen molar-refractivity contribution in [2.75, 3.05) is 5.21 Å². The minimum atomic E-state index is 0.464. The van der Waals surface area contributed by atoms with Gasteiger partial charge in [-0.1, -0.05) is 11.8 Å². The Hall–Kier alpha value is -0.290. The number of thioether (sulfide) groups is 1. The molecule has 0 atom stereocenters. The van der Waals surface area contributed by atoms with Crippen molar-refractivity contribution < 1.29 is 0 Å². The van der Waals surface area contributed by atoms with Gasteiger partial charge in [0.25, 0.3) is 0 Å². The highest BCUT2D eigenvalue weighted by Gasteiger charge is 1.96. The molecule has 1 aromatic rings. The van der Waals surface area contributed by atoms with Crippen molar-refractivity contribution in [1.82, 2.24) is 20.2 Å². The molecule has 4 nitrogen and oxygen atoms in total. The monoisotopic (exact) mass is 164 g/mol. The van der Waals surface area contributed by atoms with Crippen molar-refractivity contribution in [3.05, 3.63) is 0 Å². The minimum Gasteiger partial charge on any atom is -0.166 e. The third-order valence-electron chi connectivity index (χ3n) is 0.674. The summed E-state index contributed by atoms with van der Waals surface area (Å²) in [7, 11) is 1.71. The van der Waals surface area contributed by atoms with Crippen molar-refractivity contribution in [3.63, 3.8) is 0 Å². The molecular weight excluding hydrogens is 160 g/mol. The summed E-state index contributed by atoms with van der Waals surface area (Å²) in [6.45, 7) is 0. The predicted molar refractivity (Wildman–Crippen MR) is 35.4 cm³/mol. The Kier molecular flexibility index (Phi) is 2.29. The summed E-state index contributed by atoms with van der Waals surface area (Å²) in [6.07, 6.45) is 0. The lowest BCUT2D eigenvalue weighted by Gasteiger charge is -1.81. The average Bonchev–Trinajstić information content (AvgIpc) is 2.17. The molecule has 6 heteroatoms. The molecule has 0 fully saturated rings. The predicted octanol–water partition coefficient (Wildman–Crippen LogP) is 0.498. The van der Waals surface area contributed by atoms with Crippen LogP contribution in [-0.2, 0) is 7.05 Å². The van der Waals surface area contributed by atoms with E-state index in [-0.39, 0.29) is 0 Å². The molecule has 0 aromatic carbocycles. The van der Waals surface area contributed by atoms with Gasteiger partial charge in [0.15, 0.2) is 0 Å². The number of hydrogen-bond donors (Lipinski definition) is 0. The second-order valence-corrected chi connectivity index (χ2v) is 2.84. The van der Waals surface area contributed by atoms with Crippen LogP contribution in [-0.4, -0.2) is 25.4 Å². The third kappa shape index (κ3) is 1.83. The van der Waals surface area contributed by atoms with E-state index in [4.69, 9.17) is 11.6 Å². The van der Waals surface area contributed by atoms with Crippen LogP contribution in [0.1, 0.15) is 0 Å². The van der Waals surface area contributed by atoms with Crippen LogP contribution in [0, 0.1) is 0 Å². The highest BCUT2D eigenvalue weighted by Crippen LogP contribution is 2.10. The summed E-state index contributed by atoms with van der Waals surface area (Å²) < 4.78 is 0. The molecule has 1 heterocycles. The number of alkyl halides is 1. The van der Waals surface area contributed by atoms with E-state index in [1.807, 2.05) is 0 Å². The zero-order valence-electron chi connectivity index (χ0n) is 4.78. The number of aromatic nitrogens is 4. The molecule has 0 radical (unpaired) electrons. The van der Waals surface area contributed by atoms with Crippen LogP contribution in [0.15, 0.2) is 5.16 Å². The van der Waals surface area contributed by atoms with Gasteiger partial charge in [-0.2, -0.15) is 4.80 Å². The molecule has 1 rings (SSSR count). The fraction of sp³-hybridized carbons (Fsp3) is 0.667. The molecule has 0 saturated heterocycles. The zero-order chi connectivity index (χ0) is 6.69. The number of nitrogens with zero attached hydrogens (tertiary/aromatic N) is 4. The summed E-state index contributed by atoms with van der Waals surface area (Å²) in [5.74, 6) is 0. The molecule has 0 unspecified atom stereocenters. The van der Waals surface area contributed by atoms with Crippen LogP contribution >= 0.6 is 23.4 Å². The van der Waals surface area contributed by atoms with Gasteiger partial charge in [0.1, 0.15) is 0 Å². The first-order chi connectivity index (χ1) is 4.33. The summed E-state index contributed by atoms with van der Waals surface area (Å²) in [6, 6.07) is 0. The molecule has 0 aliphatic carbocycles. The Bertz CT molecular complexity index is 188. The van der Waals surface area contributed by atoms with Crippen molar-refractivity contribution in [2.45, 2.75) is 5.16 Å². The standard InChI is InChI=1S/C3H5ClN4S/c1-8-6-3(5-7-8)9-2-4/h2H2,1H3. The molecule has 50 valence electrons. The topological polar surface area (TPSA) is 43.6 Å². The number of tetrazole rings is 1. The van der Waals surface area contributed by atoms with Gasteiger partial charge in [-0.05, 0) is 5.21 Å². The lowest BCUT2D eigenvalue weighted by atomic mass is 11.4. The summed E-state index contributed by atoms with van der Waals surface area (Å²) in [5.41, 5.74) is 0. The van der Waals surface area contributed by atoms with Crippen LogP contribution in [0.4, 0.5) is 0 Å². The van der Waals surface area contributed by atoms with Crippen LogP contribution < -0.4 is 0 Å². The first-order valence-electron chi connectivity index (χ1n) is 2.25. The molecule has 0 aliphatic rings. The molecule has 0 aliphatic heterocycles. The van der Waals surface area contributed by atoms with Crippen LogP contribution in [0.25, 0.3) is 0 Å². The summed E-state index contributed by atoms with van der Waals surface area (Å²) in [5, 5.41) is 12.3. The number of rotatable bonds is 2. The zero-order valence-corrected chi connectivity index (χ0v) is 6.35. The highest BCUT2D eigenvalue weighted by molar-refractivity contribution is 8.00. The number of halogens is 1. The molecule has 0 bridgehead atoms. The average molecular weight is 165 g/mol. The van der Waals surface area contributed by atoms with E-state index >= 15 is 0 Å². The van der Waals surface area contributed by atoms with Gasteiger partial charge >= 0.3 is 0 Å². The highest BCUT2D eigenvalue weighted by atomic mass is 35.5. The number of aryl methyl sites for hydroxylation is 1. The molecule has 1 aromatic heterocycles. The maximum Gasteiger partial charge on any atom is 0.232 e. The Morgan fingerprint density at radius 3 is 3.00 bits per heavy atom. The lowest BCUT2D eigenvalue weighted by Crippen LogP contribution is -1.91. The summed E-state index contributed by atoms with van der Waals surface area (Å²) in [4.78, 5) is 1.40. The minimum absolute atomic E-state index is 0.464. The molecule has 0 saturated carbocycles. The Morgan fingerprint density at radius 1 is 1.78 bits per heavy atom. The molecule has 9 heavy (non-hydrogen) atoms. The van der Waals surface area contributed by atoms with Crippen LogP contribution in [0.2, 0.25) is 0 Å². The van der Waals surface area contributed by atoms with E-state index in [2.05, 4.69) is 15.4 Å². The van der Waals surface area contributed by atoms with E-state index in [9.17, 15) is 0 Å². The van der Waals surface area contributed by atoms with Crippen molar-refractivity contribution in [3.8, 4) is 0 Å². The van der Waals surface area contributed by atoms with E-state index < -0.39 is 0 Å². The maximum absolute atomic E-state index is 5.39. The Balaban J connectivity index is 2.61. The van der Waals surface area contributed by atoms with E-state index in [0.29, 0.717) is 10.4 Å². The van der Waals surface area contributed by atoms with Crippen LogP contribution in [0.3, 0.4) is 0 Å². The van der Waals surface area contributed by atoms with Gasteiger partial charge in [-0.25, -0.2) is 0 Å². The van der Waals surface area contributed by atoms with Gasteiger partial charge in [-0.15, -0.1) is 21.8 Å². The fourth-order valence-corrected chi connectivity index (χ4v) is 1.03. The molecule has 0 N–H and O–H groups in total. The normalized spacial score (nSPS) is 10.0. The van der Waals surface area contributed by atoms with Gasteiger partial charge in [0, 0.05) is 0 Å². The summed E-state index contributed by atoms with van der Waals surface area (Å²) >= 11 is 6.75. The lowest BCUT2D eigenvalue weighted by molar-refractivity contribution is 0.626. The SMILES string of the molecule is Cn1nnc(SCCl)n1. The van der Waals surface area contributed by atoms with E-state index in [1.165, 1.54) is 16.6 Å². The van der Waals surface area contributed by atoms with E-state index in [0.717, 1.165) is 0 Å². The molecular formula is C3H5ClN4S. The molecule has 0 spiro atoms. The molecule has 0 amide bonds. The smallest absolute Gasteiger partial charge is 0.166 e. The van der Waals surface area contributed by atoms with Crippen LogP contribution in [0.5, 0.6) is 0 Å². The number of hydrogen-bond acceptors (Lipinski definition) is 4. The van der Waals surface area contributed by atoms with Crippen molar-refractivity contribution in [1.29, 1.82) is 0 Å². The van der Waals surface area contributed by atoms with Gasteiger partial charge < -0.3 is 0 Å². The third-order valence-corrected chi connectivity index (χ3v) is 1.53. The second-order valence-electron chi connectivity index (χ2n) is 1.31. The first-order valence-corrected chi connectivity index (χ1v) is 3.77. The largest absolute Gasteiger partial charge is 0.232 e. The van der Waals surface area contributed by atoms with Gasteiger partial charge in [0.05, 0.1) is 12.3 Å². The van der Waals surface area contributed by atoms with Crippen molar-refractivity contribution >= 4 is 23.4 Å². The van der Waals surface area contributed by atoms with Gasteiger partial charge in [0.2, 0.25) is 5.16 Å². The van der Waals surface area contributed by atoms with E-state index in [1.54, 1.807) is 7.05 Å². The fourth-order valence-electron chi connectivity index (χ4n) is 0.373. The van der Waals surface area contributed by atoms with Crippen molar-refractivity contribution in [2.24, 2.45) is 7.05 Å². The Morgan fingerprint density at radius 2 is 2.56 bits per heavy atom. The maximum atomic E-state index is 5.39. The Labute approximate surface area is 61.6 Å².